The van der Waals surface area contributed by atoms with Crippen molar-refractivity contribution in [1.82, 2.24) is 29.3 Å². The number of fused-ring (bicyclic) bond motifs is 10. The normalized spacial score (nSPS) is 22.7. The second-order valence-corrected chi connectivity index (χ2v) is 21.8. The maximum absolute atomic E-state index is 17.5. The molecule has 0 radical (unpaired) electrons. The van der Waals surface area contributed by atoms with Gasteiger partial charge in [0.1, 0.15) is 54.3 Å². The molecule has 6 atom stereocenters. The molecule has 4 N–H and O–H groups in total. The van der Waals surface area contributed by atoms with Crippen LogP contribution in [0.15, 0.2) is 83.7 Å². The van der Waals surface area contributed by atoms with Gasteiger partial charge in [0.05, 0.1) is 69.0 Å². The number of cyclic esters (lactones) is 1. The summed E-state index contributed by atoms with van der Waals surface area (Å²) in [6.45, 7) is 7.80. The number of pyridine rings is 2. The van der Waals surface area contributed by atoms with Crippen molar-refractivity contribution >= 4 is 67.7 Å². The second-order valence-electron chi connectivity index (χ2n) is 21.8. The molecular weight excluding hydrogens is 1070 g/mol. The van der Waals surface area contributed by atoms with Crippen molar-refractivity contribution < 1.29 is 55.7 Å². The number of aliphatic hydroxyl groups is 1. The predicted molar refractivity (Wildman–Crippen MR) is 292 cm³/mol. The zero-order chi connectivity index (χ0) is 57.4. The number of anilines is 3. The summed E-state index contributed by atoms with van der Waals surface area (Å²) in [5.74, 6) is -2.89. The quantitative estimate of drug-likeness (QED) is 0.0296. The second kappa shape index (κ2) is 19.1. The standard InChI is InChI=1S/C60H50F5N9O8/c1-5-37-42(62)11-8-30-15-34(66)17-38(48(30)37)49-44(64)18-39-52(50(49)65)69-57(81-27-59-12-7-13-72(59)23-33(61)21-59)70-53(39)71-24-35-9-10-36(25-71)74(35)54(75)28(3)29(4)82-58(78)68-46-16-31-14-32-22-73-47(51(32)67-45(31)20-43(46)63)19-41-40(55(73)76)26-80-56(77)60(41,79)6-2/h1,8-11,14-20,29,33,35-36,79H,3,6-7,12-13,21-27,66H2,2,4H3,(H,68,78)/t29-,33+,35?,36?,59-,60-/m0/s1. The lowest BCUT2D eigenvalue weighted by molar-refractivity contribution is -0.172. The number of halogens is 5. The first kappa shape index (κ1) is 52.4. The molecule has 4 aromatic carbocycles. The van der Waals surface area contributed by atoms with Gasteiger partial charge in [0.2, 0.25) is 0 Å². The minimum absolute atomic E-state index is 0.0121. The molecule has 6 aliphatic rings. The molecule has 17 nitrogen and oxygen atoms in total. The molecule has 22 heteroatoms. The maximum atomic E-state index is 17.5. The van der Waals surface area contributed by atoms with Crippen molar-refractivity contribution in [1.29, 1.82) is 0 Å². The van der Waals surface area contributed by atoms with Crippen molar-refractivity contribution in [3.8, 4) is 40.9 Å². The number of amides is 2. The molecule has 9 heterocycles. The number of esters is 1. The van der Waals surface area contributed by atoms with Crippen molar-refractivity contribution in [3.05, 3.63) is 135 Å². The number of nitrogens with zero attached hydrogens (tertiary/aromatic N) is 7. The van der Waals surface area contributed by atoms with Crippen LogP contribution >= 0.6 is 0 Å². The van der Waals surface area contributed by atoms with Gasteiger partial charge in [-0.25, -0.2) is 36.5 Å². The number of hydrogen-bond acceptors (Lipinski definition) is 14. The van der Waals surface area contributed by atoms with Crippen LogP contribution in [0, 0.1) is 35.6 Å². The largest absolute Gasteiger partial charge is 0.461 e. The van der Waals surface area contributed by atoms with E-state index in [1.165, 1.54) is 35.8 Å². The predicted octanol–water partition coefficient (Wildman–Crippen LogP) is 8.07. The van der Waals surface area contributed by atoms with Gasteiger partial charge in [0.15, 0.2) is 11.4 Å². The van der Waals surface area contributed by atoms with Crippen LogP contribution in [0.4, 0.5) is 43.9 Å². The van der Waals surface area contributed by atoms with Crippen LogP contribution in [-0.4, -0.2) is 115 Å². The van der Waals surface area contributed by atoms with Crippen LogP contribution in [-0.2, 0) is 37.8 Å². The highest BCUT2D eigenvalue weighted by Crippen LogP contribution is 2.45. The molecule has 3 fully saturated rings. The van der Waals surface area contributed by atoms with Gasteiger partial charge < -0.3 is 39.4 Å². The number of piperazine rings is 1. The SMILES string of the molecule is C#Cc1c(F)ccc2cc(N)cc(-c3c(F)cc4c(N5CC6C=CC(C5)N6C(=O)C(=C)[C@H](C)OC(=O)Nc5cc6cc7c(nc6cc5F)-c5cc6c(c(=O)n5C7)COC(=O)[C@]6(O)CC)nc(OC[C@@]56CCCN5C[C@H](F)C6)nc4c3F)c12. The molecule has 7 aromatic rings. The number of nitrogen functional groups attached to an aromatic ring is 1. The van der Waals surface area contributed by atoms with Gasteiger partial charge in [0.25, 0.3) is 11.5 Å². The number of benzene rings is 4. The summed E-state index contributed by atoms with van der Waals surface area (Å²) in [5.41, 5.74) is 3.37. The van der Waals surface area contributed by atoms with Crippen LogP contribution in [0.3, 0.4) is 0 Å². The monoisotopic (exact) mass is 1120 g/mol. The van der Waals surface area contributed by atoms with Crippen LogP contribution in [0.1, 0.15) is 61.8 Å². The van der Waals surface area contributed by atoms with Crippen LogP contribution in [0.25, 0.3) is 55.1 Å². The van der Waals surface area contributed by atoms with E-state index in [1.807, 2.05) is 4.90 Å². The Morgan fingerprint density at radius 1 is 1.00 bits per heavy atom. The summed E-state index contributed by atoms with van der Waals surface area (Å²) in [6, 6.07) is 10.6. The minimum atomic E-state index is -2.03. The van der Waals surface area contributed by atoms with E-state index in [9.17, 15) is 28.7 Å². The van der Waals surface area contributed by atoms with E-state index in [2.05, 4.69) is 27.8 Å². The molecule has 82 heavy (non-hydrogen) atoms. The Bertz CT molecular complexity index is 4150. The Labute approximate surface area is 463 Å². The Morgan fingerprint density at radius 2 is 1.78 bits per heavy atom. The lowest BCUT2D eigenvalue weighted by Gasteiger charge is -2.42. The van der Waals surface area contributed by atoms with Gasteiger partial charge in [0, 0.05) is 65.1 Å². The molecular formula is C60H50F5N9O8. The summed E-state index contributed by atoms with van der Waals surface area (Å²) < 4.78 is 98.7. The number of nitrogens with two attached hydrogens (primary N) is 1. The third-order valence-electron chi connectivity index (χ3n) is 17.1. The smallest absolute Gasteiger partial charge is 0.412 e. The first-order chi connectivity index (χ1) is 39.3. The van der Waals surface area contributed by atoms with Gasteiger partial charge in [-0.05, 0) is 86.1 Å². The van der Waals surface area contributed by atoms with E-state index in [-0.39, 0.29) is 125 Å². The number of hydrogen-bond donors (Lipinski definition) is 3. The summed E-state index contributed by atoms with van der Waals surface area (Å²) in [6.07, 6.45) is 7.60. The van der Waals surface area contributed by atoms with Gasteiger partial charge in [-0.3, -0.25) is 19.8 Å². The van der Waals surface area contributed by atoms with Crippen molar-refractivity contribution in [2.75, 3.05) is 48.7 Å². The van der Waals surface area contributed by atoms with Crippen LogP contribution in [0.5, 0.6) is 6.01 Å². The molecule has 3 saturated heterocycles. The fourth-order valence-electron chi connectivity index (χ4n) is 13.0. The first-order valence-electron chi connectivity index (χ1n) is 26.7. The molecule has 13 rings (SSSR count). The molecule has 3 aromatic heterocycles. The number of rotatable bonds is 10. The molecule has 418 valence electrons. The summed E-state index contributed by atoms with van der Waals surface area (Å²) >= 11 is 0. The van der Waals surface area contributed by atoms with E-state index in [1.54, 1.807) is 41.0 Å². The number of carbonyl (C=O) groups is 3. The Balaban J connectivity index is 0.745. The highest BCUT2D eigenvalue weighted by molar-refractivity contribution is 6.05. The van der Waals surface area contributed by atoms with Crippen molar-refractivity contribution in [3.63, 3.8) is 0 Å². The van der Waals surface area contributed by atoms with E-state index in [0.29, 0.717) is 40.7 Å². The number of aromatic nitrogens is 4. The van der Waals surface area contributed by atoms with Gasteiger partial charge >= 0.3 is 18.1 Å². The molecule has 0 spiro atoms. The van der Waals surface area contributed by atoms with Crippen molar-refractivity contribution in [2.24, 2.45) is 0 Å². The van der Waals surface area contributed by atoms with E-state index >= 15 is 17.6 Å². The fourth-order valence-corrected chi connectivity index (χ4v) is 13.0. The van der Waals surface area contributed by atoms with E-state index < -0.39 is 87.9 Å². The zero-order valence-electron chi connectivity index (χ0n) is 44.1. The lowest BCUT2D eigenvalue weighted by Crippen LogP contribution is -2.57. The lowest BCUT2D eigenvalue weighted by atomic mass is 9.86. The third-order valence-corrected chi connectivity index (χ3v) is 17.1. The molecule has 2 bridgehead atoms. The molecule has 2 amide bonds. The van der Waals surface area contributed by atoms with Gasteiger partial charge in [-0.1, -0.05) is 37.6 Å². The Morgan fingerprint density at radius 3 is 2.54 bits per heavy atom. The maximum Gasteiger partial charge on any atom is 0.412 e. The average molecular weight is 1120 g/mol. The van der Waals surface area contributed by atoms with E-state index in [0.717, 1.165) is 24.6 Å². The van der Waals surface area contributed by atoms with Crippen molar-refractivity contribution in [2.45, 2.75) is 88.2 Å². The van der Waals surface area contributed by atoms with Gasteiger partial charge in [-0.15, -0.1) is 6.42 Å². The van der Waals surface area contributed by atoms with Crippen LogP contribution in [0.2, 0.25) is 0 Å². The highest BCUT2D eigenvalue weighted by Gasteiger charge is 2.50. The molecule has 0 saturated carbocycles. The molecule has 6 aliphatic heterocycles. The Kier molecular flexibility index (Phi) is 12.2. The number of carbonyl (C=O) groups excluding carboxylic acids is 3. The highest BCUT2D eigenvalue weighted by atomic mass is 19.1. The zero-order valence-corrected chi connectivity index (χ0v) is 44.1. The average Bonchev–Trinajstić information content (AvgIpc) is 2.91. The number of nitrogens with one attached hydrogen (secondary N) is 1. The summed E-state index contributed by atoms with van der Waals surface area (Å²) in [5, 5.41) is 14.4. The number of alkyl halides is 1. The molecule has 2 unspecified atom stereocenters. The third kappa shape index (κ3) is 8.14. The molecule has 0 aliphatic carbocycles. The van der Waals surface area contributed by atoms with Gasteiger partial charge in [-0.2, -0.15) is 9.97 Å². The summed E-state index contributed by atoms with van der Waals surface area (Å²) in [7, 11) is 0. The first-order valence-corrected chi connectivity index (χ1v) is 26.7. The number of terminal acetylenes is 1. The topological polar surface area (TPSA) is 208 Å². The van der Waals surface area contributed by atoms with Crippen LogP contribution < -0.4 is 26.2 Å². The van der Waals surface area contributed by atoms with E-state index in [4.69, 9.17) is 31.4 Å². The Hall–Kier alpha value is -8.94. The fraction of sp³-hybridized carbons (Fsp3) is 0.317. The summed E-state index contributed by atoms with van der Waals surface area (Å²) in [4.78, 5) is 73.3. The minimum Gasteiger partial charge on any atom is -0.461 e. The number of ether oxygens (including phenoxy) is 3.